The molecule has 0 unspecified atom stereocenters. The summed E-state index contributed by atoms with van der Waals surface area (Å²) in [7, 11) is 0. The Hall–Kier alpha value is -5.70. The lowest BCUT2D eigenvalue weighted by Crippen LogP contribution is -2.39. The van der Waals surface area contributed by atoms with Gasteiger partial charge in [0.05, 0.1) is 11.0 Å². The Labute approximate surface area is 297 Å². The fourth-order valence-corrected chi connectivity index (χ4v) is 7.49. The van der Waals surface area contributed by atoms with Crippen LogP contribution in [0.3, 0.4) is 0 Å². The number of fused-ring (bicyclic) bond motifs is 4. The van der Waals surface area contributed by atoms with Gasteiger partial charge >= 0.3 is 12.4 Å². The van der Waals surface area contributed by atoms with Gasteiger partial charge in [-0.05, 0) is 82.6 Å². The van der Waals surface area contributed by atoms with Crippen molar-refractivity contribution in [3.05, 3.63) is 169 Å². The molecule has 1 aromatic heterocycles. The summed E-state index contributed by atoms with van der Waals surface area (Å²) >= 11 is 0. The lowest BCUT2D eigenvalue weighted by Gasteiger charge is -2.35. The van der Waals surface area contributed by atoms with Gasteiger partial charge in [0.25, 0.3) is 0 Å². The smallest absolute Gasteiger partial charge is 0.379 e. The number of alkyl halides is 6. The van der Waals surface area contributed by atoms with E-state index in [0.717, 1.165) is 62.1 Å². The van der Waals surface area contributed by atoms with E-state index < -0.39 is 29.9 Å². The molecule has 0 saturated carbocycles. The average Bonchev–Trinajstić information content (AvgIpc) is 3.66. The number of aryl methyl sites for hydroxylation is 1. The van der Waals surface area contributed by atoms with Crippen molar-refractivity contribution in [3.8, 4) is 22.3 Å². The maximum atomic E-state index is 13.4. The van der Waals surface area contributed by atoms with E-state index in [2.05, 4.69) is 28.4 Å². The number of halogens is 6. The van der Waals surface area contributed by atoms with Gasteiger partial charge in [-0.1, -0.05) is 98.1 Å². The summed E-state index contributed by atoms with van der Waals surface area (Å²) in [5, 5.41) is 6.98. The normalized spacial score (nSPS) is 13.4. The Balaban J connectivity index is 1.10. The van der Waals surface area contributed by atoms with Crippen molar-refractivity contribution in [2.24, 2.45) is 0 Å². The second kappa shape index (κ2) is 13.5. The van der Waals surface area contributed by atoms with Crippen LogP contribution >= 0.6 is 0 Å². The van der Waals surface area contributed by atoms with E-state index in [4.69, 9.17) is 0 Å². The third-order valence-electron chi connectivity index (χ3n) is 9.87. The fraction of sp³-hybridized carbons (Fsp3) is 0.163. The van der Waals surface area contributed by atoms with E-state index in [0.29, 0.717) is 36.3 Å². The number of benzene rings is 5. The van der Waals surface area contributed by atoms with E-state index in [-0.39, 0.29) is 0 Å². The molecule has 7 rings (SSSR count). The molecule has 0 amide bonds. The van der Waals surface area contributed by atoms with Gasteiger partial charge < -0.3 is 15.2 Å². The van der Waals surface area contributed by atoms with Crippen molar-refractivity contribution in [2.75, 3.05) is 11.9 Å². The highest BCUT2D eigenvalue weighted by Gasteiger charge is 2.45. The van der Waals surface area contributed by atoms with E-state index in [1.54, 1.807) is 0 Å². The molecule has 1 heterocycles. The topological polar surface area (TPSA) is 29.0 Å². The molecule has 0 radical (unpaired) electrons. The highest BCUT2D eigenvalue weighted by molar-refractivity contribution is 5.89. The number of hydrogen-bond donors (Lipinski definition) is 2. The van der Waals surface area contributed by atoms with Gasteiger partial charge in [-0.2, -0.15) is 26.3 Å². The Morgan fingerprint density at radius 2 is 1.31 bits per heavy atom. The molecule has 0 aliphatic heterocycles. The van der Waals surface area contributed by atoms with Crippen molar-refractivity contribution in [2.45, 2.75) is 37.2 Å². The maximum Gasteiger partial charge on any atom is 0.416 e. The van der Waals surface area contributed by atoms with Gasteiger partial charge in [0.15, 0.2) is 0 Å². The van der Waals surface area contributed by atoms with Crippen molar-refractivity contribution in [1.29, 1.82) is 0 Å². The SMILES string of the molecule is C=C(Nc1ccc2c(ccn2CCCC2(C(=C)NCC(F)(F)F)c3ccccc3-c3ccccc32)c1)c1ccccc1-c1ccc(C(F)(F)F)cc1. The molecular weight excluding hydrogens is 672 g/mol. The van der Waals surface area contributed by atoms with Gasteiger partial charge in [-0.25, -0.2) is 0 Å². The van der Waals surface area contributed by atoms with Crippen LogP contribution in [0.2, 0.25) is 0 Å². The molecule has 9 heteroatoms. The van der Waals surface area contributed by atoms with Gasteiger partial charge in [-0.3, -0.25) is 0 Å². The Morgan fingerprint density at radius 1 is 0.692 bits per heavy atom. The second-order valence-corrected chi connectivity index (χ2v) is 13.1. The Bertz CT molecular complexity index is 2230. The average molecular weight is 708 g/mol. The molecule has 52 heavy (non-hydrogen) atoms. The third kappa shape index (κ3) is 6.59. The van der Waals surface area contributed by atoms with E-state index in [1.165, 1.54) is 12.1 Å². The van der Waals surface area contributed by atoms with Crippen LogP contribution < -0.4 is 10.6 Å². The van der Waals surface area contributed by atoms with Crippen LogP contribution in [0, 0.1) is 0 Å². The number of allylic oxidation sites excluding steroid dienone is 1. The number of hydrogen-bond acceptors (Lipinski definition) is 2. The molecule has 264 valence electrons. The third-order valence-corrected chi connectivity index (χ3v) is 9.87. The molecule has 0 fully saturated rings. The lowest BCUT2D eigenvalue weighted by atomic mass is 9.72. The van der Waals surface area contributed by atoms with Crippen LogP contribution in [0.5, 0.6) is 0 Å². The number of rotatable bonds is 11. The summed E-state index contributed by atoms with van der Waals surface area (Å²) in [5.74, 6) is 0. The molecule has 1 aliphatic carbocycles. The first kappa shape index (κ1) is 34.7. The number of aromatic nitrogens is 1. The van der Waals surface area contributed by atoms with Crippen molar-refractivity contribution in [1.82, 2.24) is 9.88 Å². The van der Waals surface area contributed by atoms with E-state index in [9.17, 15) is 26.3 Å². The standard InChI is InChI=1S/C43H35F6N3/c1-28(34-10-3-4-11-35(34)30-16-18-32(19-17-30)43(47,48)49)51-33-20-21-40-31(26-33)22-25-52(40)24-9-23-41(29(2)50-27-42(44,45)46)38-14-7-5-12-36(38)37-13-6-8-15-39(37)41/h3-8,10-22,25-26,50-51H,1-2,9,23-24,27H2. The predicted molar refractivity (Wildman–Crippen MR) is 197 cm³/mol. The highest BCUT2D eigenvalue weighted by atomic mass is 19.4. The molecule has 1 aliphatic rings. The molecule has 3 nitrogen and oxygen atoms in total. The predicted octanol–water partition coefficient (Wildman–Crippen LogP) is 11.8. The summed E-state index contributed by atoms with van der Waals surface area (Å²) in [6, 6.07) is 36.2. The maximum absolute atomic E-state index is 13.4. The Morgan fingerprint density at radius 3 is 1.94 bits per heavy atom. The number of anilines is 1. The van der Waals surface area contributed by atoms with Crippen molar-refractivity contribution < 1.29 is 26.3 Å². The second-order valence-electron chi connectivity index (χ2n) is 13.1. The minimum Gasteiger partial charge on any atom is -0.379 e. The number of nitrogens with one attached hydrogen (secondary N) is 2. The van der Waals surface area contributed by atoms with Gasteiger partial charge in [0.1, 0.15) is 6.54 Å². The van der Waals surface area contributed by atoms with Crippen molar-refractivity contribution in [3.63, 3.8) is 0 Å². The van der Waals surface area contributed by atoms with Crippen molar-refractivity contribution >= 4 is 22.3 Å². The van der Waals surface area contributed by atoms with Gasteiger partial charge in [0.2, 0.25) is 0 Å². The zero-order chi connectivity index (χ0) is 36.7. The van der Waals surface area contributed by atoms with Gasteiger partial charge in [-0.15, -0.1) is 0 Å². The van der Waals surface area contributed by atoms with Crippen LogP contribution in [0.25, 0.3) is 38.9 Å². The van der Waals surface area contributed by atoms with E-state index >= 15 is 0 Å². The molecule has 0 atom stereocenters. The zero-order valence-electron chi connectivity index (χ0n) is 28.1. The van der Waals surface area contributed by atoms with Crippen LogP contribution in [0.1, 0.15) is 35.1 Å². The first-order valence-electron chi connectivity index (χ1n) is 16.9. The summed E-state index contributed by atoms with van der Waals surface area (Å²) < 4.78 is 81.7. The molecule has 2 N–H and O–H groups in total. The van der Waals surface area contributed by atoms with Crippen LogP contribution in [-0.2, 0) is 18.1 Å². The monoisotopic (exact) mass is 707 g/mol. The van der Waals surface area contributed by atoms with Crippen LogP contribution in [-0.4, -0.2) is 17.3 Å². The number of nitrogens with zero attached hydrogens (tertiary/aromatic N) is 1. The molecular formula is C43H35F6N3. The van der Waals surface area contributed by atoms with E-state index in [1.807, 2.05) is 103 Å². The first-order valence-corrected chi connectivity index (χ1v) is 16.9. The first-order chi connectivity index (χ1) is 24.8. The molecule has 0 saturated heterocycles. The highest BCUT2D eigenvalue weighted by Crippen LogP contribution is 2.54. The fourth-order valence-electron chi connectivity index (χ4n) is 7.49. The molecule has 0 bridgehead atoms. The lowest BCUT2D eigenvalue weighted by molar-refractivity contribution is -0.137. The van der Waals surface area contributed by atoms with Crippen LogP contribution in [0.15, 0.2) is 146 Å². The summed E-state index contributed by atoms with van der Waals surface area (Å²) in [5.41, 5.74) is 7.23. The summed E-state index contributed by atoms with van der Waals surface area (Å²) in [6.07, 6.45) is -5.59. The van der Waals surface area contributed by atoms with Gasteiger partial charge in [0, 0.05) is 46.3 Å². The minimum absolute atomic E-state index is 0.329. The summed E-state index contributed by atoms with van der Waals surface area (Å²) in [6.45, 7) is 7.89. The quantitative estimate of drug-likeness (QED) is 0.131. The molecule has 0 spiro atoms. The largest absolute Gasteiger partial charge is 0.416 e. The summed E-state index contributed by atoms with van der Waals surface area (Å²) in [4.78, 5) is 0. The minimum atomic E-state index is -4.41. The molecule has 6 aromatic rings. The Kier molecular flexibility index (Phi) is 8.98. The zero-order valence-corrected chi connectivity index (χ0v) is 28.1. The molecule has 5 aromatic carbocycles. The van der Waals surface area contributed by atoms with Crippen LogP contribution in [0.4, 0.5) is 32.0 Å².